The molecule has 1 aliphatic carbocycles. The van der Waals surface area contributed by atoms with E-state index < -0.39 is 5.25 Å². The maximum atomic E-state index is 13.5. The van der Waals surface area contributed by atoms with Crippen LogP contribution in [0.15, 0.2) is 64.5 Å². The third-order valence-electron chi connectivity index (χ3n) is 6.24. The third kappa shape index (κ3) is 4.42. The molecule has 0 unspecified atom stereocenters. The standard InChI is InChI=1S/C27H27N3O2S2/c1-3-30-26(32)22-20-11-7-8-12-21(20)33-25(22)29-27(30)34-23(18-9-5-4-6-10-18)24(31)28-19-15-13-17(2)14-16-19/h4-6,9-10,13-16,23H,3,7-8,11-12H2,1-2H3,(H,28,31)/t23-/m0/s1. The number of nitrogens with one attached hydrogen (secondary N) is 1. The van der Waals surface area contributed by atoms with Crippen molar-refractivity contribution in [2.24, 2.45) is 0 Å². The molecule has 2 aromatic carbocycles. The number of thioether (sulfide) groups is 1. The summed E-state index contributed by atoms with van der Waals surface area (Å²) in [5.74, 6) is -0.137. The molecular formula is C27H27N3O2S2. The highest BCUT2D eigenvalue weighted by atomic mass is 32.2. The van der Waals surface area contributed by atoms with Crippen LogP contribution in [0.25, 0.3) is 10.2 Å². The summed E-state index contributed by atoms with van der Waals surface area (Å²) in [6, 6.07) is 17.5. The van der Waals surface area contributed by atoms with Crippen molar-refractivity contribution >= 4 is 44.9 Å². The summed E-state index contributed by atoms with van der Waals surface area (Å²) in [7, 11) is 0. The Morgan fingerprint density at radius 3 is 2.59 bits per heavy atom. The van der Waals surface area contributed by atoms with Crippen molar-refractivity contribution in [1.29, 1.82) is 0 Å². The number of anilines is 1. The topological polar surface area (TPSA) is 64.0 Å². The molecule has 174 valence electrons. The highest BCUT2D eigenvalue weighted by Gasteiger charge is 2.27. The Morgan fingerprint density at radius 2 is 1.85 bits per heavy atom. The minimum absolute atomic E-state index is 0.0140. The molecule has 0 radical (unpaired) electrons. The molecule has 0 aliphatic heterocycles. The molecule has 0 fully saturated rings. The highest BCUT2D eigenvalue weighted by molar-refractivity contribution is 8.00. The molecule has 34 heavy (non-hydrogen) atoms. The van der Waals surface area contributed by atoms with Gasteiger partial charge in [-0.2, -0.15) is 0 Å². The molecule has 0 spiro atoms. The minimum atomic E-state index is -0.542. The van der Waals surface area contributed by atoms with E-state index in [4.69, 9.17) is 4.98 Å². The maximum Gasteiger partial charge on any atom is 0.263 e. The van der Waals surface area contributed by atoms with Crippen LogP contribution in [0.5, 0.6) is 0 Å². The lowest BCUT2D eigenvalue weighted by Gasteiger charge is -2.19. The third-order valence-corrected chi connectivity index (χ3v) is 8.67. The number of thiophene rings is 1. The fourth-order valence-electron chi connectivity index (χ4n) is 4.44. The summed E-state index contributed by atoms with van der Waals surface area (Å²) in [6.07, 6.45) is 4.26. The van der Waals surface area contributed by atoms with Gasteiger partial charge in [0, 0.05) is 17.1 Å². The van der Waals surface area contributed by atoms with Gasteiger partial charge in [-0.05, 0) is 62.8 Å². The summed E-state index contributed by atoms with van der Waals surface area (Å²) in [6.45, 7) is 4.49. The molecule has 7 heteroatoms. The van der Waals surface area contributed by atoms with Crippen molar-refractivity contribution in [1.82, 2.24) is 9.55 Å². The summed E-state index contributed by atoms with van der Waals surface area (Å²) < 4.78 is 1.73. The van der Waals surface area contributed by atoms with Gasteiger partial charge in [0.1, 0.15) is 10.1 Å². The quantitative estimate of drug-likeness (QED) is 0.261. The summed E-state index contributed by atoms with van der Waals surface area (Å²) in [5, 5.41) is 3.88. The van der Waals surface area contributed by atoms with Gasteiger partial charge in [0.15, 0.2) is 5.16 Å². The first kappa shape index (κ1) is 22.9. The minimum Gasteiger partial charge on any atom is -0.325 e. The highest BCUT2D eigenvalue weighted by Crippen LogP contribution is 2.38. The summed E-state index contributed by atoms with van der Waals surface area (Å²) in [5.41, 5.74) is 3.97. The molecule has 5 rings (SSSR count). The lowest BCUT2D eigenvalue weighted by molar-refractivity contribution is -0.115. The number of aromatic nitrogens is 2. The second-order valence-electron chi connectivity index (χ2n) is 8.60. The van der Waals surface area contributed by atoms with Gasteiger partial charge in [0.05, 0.1) is 5.39 Å². The molecular weight excluding hydrogens is 462 g/mol. The zero-order valence-electron chi connectivity index (χ0n) is 19.3. The van der Waals surface area contributed by atoms with E-state index in [2.05, 4.69) is 5.32 Å². The van der Waals surface area contributed by atoms with Crippen LogP contribution in [-0.2, 0) is 24.2 Å². The van der Waals surface area contributed by atoms with Gasteiger partial charge in [0.25, 0.3) is 5.56 Å². The van der Waals surface area contributed by atoms with Gasteiger partial charge in [-0.3, -0.25) is 14.2 Å². The predicted molar refractivity (Wildman–Crippen MR) is 141 cm³/mol. The number of aryl methyl sites for hydroxylation is 3. The smallest absolute Gasteiger partial charge is 0.263 e. The Morgan fingerprint density at radius 1 is 1.12 bits per heavy atom. The molecule has 5 nitrogen and oxygen atoms in total. The van der Waals surface area contributed by atoms with E-state index in [1.165, 1.54) is 28.6 Å². The molecule has 0 saturated carbocycles. The molecule has 2 heterocycles. The second-order valence-corrected chi connectivity index (χ2v) is 10.8. The van der Waals surface area contributed by atoms with Gasteiger partial charge < -0.3 is 5.32 Å². The number of nitrogens with zero attached hydrogens (tertiary/aromatic N) is 2. The molecule has 1 N–H and O–H groups in total. The molecule has 0 saturated heterocycles. The van der Waals surface area contributed by atoms with Gasteiger partial charge in [-0.15, -0.1) is 11.3 Å². The SMILES string of the molecule is CCn1c(S[C@H](C(=O)Nc2ccc(C)cc2)c2ccccc2)nc2sc3c(c2c1=O)CCCC3. The summed E-state index contributed by atoms with van der Waals surface area (Å²) in [4.78, 5) is 34.0. The average molecular weight is 490 g/mol. The molecule has 2 aromatic heterocycles. The number of benzene rings is 2. The van der Waals surface area contributed by atoms with E-state index in [1.54, 1.807) is 15.9 Å². The zero-order valence-corrected chi connectivity index (χ0v) is 21.0. The van der Waals surface area contributed by atoms with Gasteiger partial charge in [0.2, 0.25) is 5.91 Å². The summed E-state index contributed by atoms with van der Waals surface area (Å²) >= 11 is 2.99. The van der Waals surface area contributed by atoms with Gasteiger partial charge in [-0.1, -0.05) is 59.8 Å². The maximum absolute atomic E-state index is 13.5. The van der Waals surface area contributed by atoms with Crippen molar-refractivity contribution in [2.75, 3.05) is 5.32 Å². The van der Waals surface area contributed by atoms with E-state index in [9.17, 15) is 9.59 Å². The molecule has 1 aliphatic rings. The van der Waals surface area contributed by atoms with Crippen molar-refractivity contribution in [3.63, 3.8) is 0 Å². The Balaban J connectivity index is 1.55. The molecule has 0 bridgehead atoms. The van der Waals surface area contributed by atoms with Crippen LogP contribution in [-0.4, -0.2) is 15.5 Å². The fraction of sp³-hybridized carbons (Fsp3) is 0.296. The number of fused-ring (bicyclic) bond motifs is 3. The molecule has 1 atom stereocenters. The fourth-order valence-corrected chi connectivity index (χ4v) is 6.90. The first-order valence-electron chi connectivity index (χ1n) is 11.7. The molecule has 1 amide bonds. The van der Waals surface area contributed by atoms with E-state index in [0.29, 0.717) is 11.7 Å². The van der Waals surface area contributed by atoms with E-state index in [-0.39, 0.29) is 11.5 Å². The van der Waals surface area contributed by atoms with Crippen molar-refractivity contribution in [2.45, 2.75) is 56.5 Å². The van der Waals surface area contributed by atoms with Crippen molar-refractivity contribution in [3.8, 4) is 0 Å². The average Bonchev–Trinajstić information content (AvgIpc) is 3.23. The number of hydrogen-bond donors (Lipinski definition) is 1. The Kier molecular flexibility index (Phi) is 6.57. The monoisotopic (exact) mass is 489 g/mol. The van der Waals surface area contributed by atoms with Gasteiger partial charge >= 0.3 is 0 Å². The van der Waals surface area contributed by atoms with Crippen LogP contribution in [0.1, 0.15) is 46.6 Å². The lowest BCUT2D eigenvalue weighted by atomic mass is 9.97. The second kappa shape index (κ2) is 9.76. The van der Waals surface area contributed by atoms with E-state index >= 15 is 0 Å². The predicted octanol–water partition coefficient (Wildman–Crippen LogP) is 6.14. The van der Waals surface area contributed by atoms with E-state index in [1.807, 2.05) is 68.4 Å². The number of rotatable bonds is 6. The zero-order chi connectivity index (χ0) is 23.7. The van der Waals surface area contributed by atoms with Crippen LogP contribution in [0, 0.1) is 6.92 Å². The normalized spacial score (nSPS) is 14.1. The van der Waals surface area contributed by atoms with Crippen LogP contribution in [0.3, 0.4) is 0 Å². The van der Waals surface area contributed by atoms with Crippen molar-refractivity contribution < 1.29 is 4.79 Å². The van der Waals surface area contributed by atoms with Crippen LogP contribution >= 0.6 is 23.1 Å². The first-order valence-corrected chi connectivity index (χ1v) is 13.4. The number of hydrogen-bond acceptors (Lipinski definition) is 5. The Hall–Kier alpha value is -2.90. The Bertz CT molecular complexity index is 1390. The lowest BCUT2D eigenvalue weighted by Crippen LogP contribution is -2.25. The number of amides is 1. The molecule has 4 aromatic rings. The van der Waals surface area contributed by atoms with Crippen LogP contribution in [0.4, 0.5) is 5.69 Å². The Labute approximate surface area is 207 Å². The largest absolute Gasteiger partial charge is 0.325 e. The number of carbonyl (C=O) groups is 1. The van der Waals surface area contributed by atoms with Crippen LogP contribution < -0.4 is 10.9 Å². The van der Waals surface area contributed by atoms with E-state index in [0.717, 1.165) is 46.3 Å². The van der Waals surface area contributed by atoms with Crippen molar-refractivity contribution in [3.05, 3.63) is 86.5 Å². The number of carbonyl (C=O) groups excluding carboxylic acids is 1. The van der Waals surface area contributed by atoms with Gasteiger partial charge in [-0.25, -0.2) is 4.98 Å². The first-order chi connectivity index (χ1) is 16.5. The van der Waals surface area contributed by atoms with Crippen LogP contribution in [0.2, 0.25) is 0 Å².